The second-order valence-electron chi connectivity index (χ2n) is 10.5. The minimum absolute atomic E-state index is 0.0000411. The molecule has 0 radical (unpaired) electrons. The smallest absolute Gasteiger partial charge is 0.254 e. The molecule has 180 valence electrons. The first-order valence-corrected chi connectivity index (χ1v) is 11.6. The number of pyridine rings is 2. The van der Waals surface area contributed by atoms with Crippen LogP contribution in [0.15, 0.2) is 40.2 Å². The first-order valence-electron chi connectivity index (χ1n) is 11.6. The van der Waals surface area contributed by atoms with Gasteiger partial charge in [0.1, 0.15) is 6.10 Å². The minimum atomic E-state index is -0.599. The highest BCUT2D eigenvalue weighted by molar-refractivity contribution is 5.82. The number of hydrogen-bond acceptors (Lipinski definition) is 4. The lowest BCUT2D eigenvalue weighted by Crippen LogP contribution is -2.53. The van der Waals surface area contributed by atoms with Crippen molar-refractivity contribution in [1.29, 1.82) is 0 Å². The third-order valence-electron chi connectivity index (χ3n) is 6.77. The summed E-state index contributed by atoms with van der Waals surface area (Å²) >= 11 is 0. The van der Waals surface area contributed by atoms with Crippen LogP contribution < -0.4 is 11.1 Å². The van der Waals surface area contributed by atoms with E-state index in [-0.39, 0.29) is 17.0 Å². The molecule has 1 saturated heterocycles. The Morgan fingerprint density at radius 3 is 2.33 bits per heavy atom. The first-order chi connectivity index (χ1) is 15.4. The number of aryl methyl sites for hydroxylation is 1. The van der Waals surface area contributed by atoms with E-state index in [4.69, 9.17) is 4.74 Å². The zero-order valence-corrected chi connectivity index (χ0v) is 21.0. The number of nitrogens with zero attached hydrogens (tertiary/aromatic N) is 3. The Morgan fingerprint density at radius 2 is 1.67 bits per heavy atom. The van der Waals surface area contributed by atoms with Gasteiger partial charge in [-0.05, 0) is 31.0 Å². The van der Waals surface area contributed by atoms with Crippen molar-refractivity contribution in [3.8, 4) is 0 Å². The average molecular weight is 456 g/mol. The highest BCUT2D eigenvalue weighted by atomic mass is 16.5. The Hall–Kier alpha value is -2.67. The predicted molar refractivity (Wildman–Crippen MR) is 130 cm³/mol. The van der Waals surface area contributed by atoms with E-state index in [1.54, 1.807) is 27.3 Å². The lowest BCUT2D eigenvalue weighted by molar-refractivity contribution is -0.162. The molecule has 33 heavy (non-hydrogen) atoms. The average Bonchev–Trinajstić information content (AvgIpc) is 2.73. The van der Waals surface area contributed by atoms with Crippen molar-refractivity contribution >= 4 is 5.91 Å². The van der Waals surface area contributed by atoms with Crippen molar-refractivity contribution in [2.75, 3.05) is 20.2 Å². The van der Waals surface area contributed by atoms with E-state index in [2.05, 4.69) is 0 Å². The van der Waals surface area contributed by atoms with E-state index in [9.17, 15) is 14.4 Å². The molecule has 3 heterocycles. The van der Waals surface area contributed by atoms with E-state index in [1.807, 2.05) is 65.9 Å². The van der Waals surface area contributed by atoms with Crippen molar-refractivity contribution in [2.24, 2.45) is 5.41 Å². The van der Waals surface area contributed by atoms with Crippen LogP contribution in [0.3, 0.4) is 0 Å². The van der Waals surface area contributed by atoms with E-state index in [0.29, 0.717) is 38.2 Å². The zero-order chi connectivity index (χ0) is 24.6. The molecule has 2 aromatic rings. The number of hydrogen-bond donors (Lipinski definition) is 0. The number of carbonyl (C=O) groups excluding carboxylic acids is 1. The lowest BCUT2D eigenvalue weighted by Gasteiger charge is -2.39. The van der Waals surface area contributed by atoms with Crippen LogP contribution in [-0.2, 0) is 34.5 Å². The van der Waals surface area contributed by atoms with Crippen LogP contribution in [0, 0.1) is 12.3 Å². The van der Waals surface area contributed by atoms with Gasteiger partial charge in [-0.3, -0.25) is 14.4 Å². The zero-order valence-electron chi connectivity index (χ0n) is 21.0. The molecule has 0 aliphatic carbocycles. The van der Waals surface area contributed by atoms with E-state index in [0.717, 1.165) is 11.1 Å². The number of likely N-dealkylation sites (N-methyl/N-ethyl adjacent to an activating group) is 1. The van der Waals surface area contributed by atoms with Crippen molar-refractivity contribution in [1.82, 2.24) is 14.0 Å². The number of morpholine rings is 1. The molecule has 3 rings (SSSR count). The summed E-state index contributed by atoms with van der Waals surface area (Å²) in [6.07, 6.45) is 3.65. The van der Waals surface area contributed by atoms with Crippen molar-refractivity contribution in [3.63, 3.8) is 0 Å². The maximum Gasteiger partial charge on any atom is 0.254 e. The van der Waals surface area contributed by atoms with Crippen molar-refractivity contribution < 1.29 is 9.53 Å². The first kappa shape index (κ1) is 25.0. The maximum absolute atomic E-state index is 13.5. The number of carbonyl (C=O) groups is 1. The Morgan fingerprint density at radius 1 is 1.00 bits per heavy atom. The fourth-order valence-electron chi connectivity index (χ4n) is 4.73. The van der Waals surface area contributed by atoms with Crippen LogP contribution in [0.4, 0.5) is 0 Å². The Labute approximate surface area is 196 Å². The highest BCUT2D eigenvalue weighted by Crippen LogP contribution is 2.29. The van der Waals surface area contributed by atoms with Crippen molar-refractivity contribution in [2.45, 2.75) is 72.6 Å². The van der Waals surface area contributed by atoms with Gasteiger partial charge in [-0.25, -0.2) is 0 Å². The largest absolute Gasteiger partial charge is 0.366 e. The molecule has 1 atom stereocenters. The Bertz CT molecular complexity index is 1140. The lowest BCUT2D eigenvalue weighted by atomic mass is 9.83. The molecule has 1 fully saturated rings. The molecule has 1 amide bonds. The number of ether oxygens (including phenoxy) is 1. The van der Waals surface area contributed by atoms with Crippen molar-refractivity contribution in [3.05, 3.63) is 68.0 Å². The van der Waals surface area contributed by atoms with E-state index >= 15 is 0 Å². The summed E-state index contributed by atoms with van der Waals surface area (Å²) in [5.74, 6) is -0.0544. The van der Waals surface area contributed by atoms with Crippen LogP contribution in [0.1, 0.15) is 51.3 Å². The van der Waals surface area contributed by atoms with Gasteiger partial charge in [-0.15, -0.1) is 0 Å². The molecular weight excluding hydrogens is 418 g/mol. The molecule has 7 heteroatoms. The number of amides is 1. The summed E-state index contributed by atoms with van der Waals surface area (Å²) in [5, 5.41) is 0. The molecule has 0 saturated carbocycles. The van der Waals surface area contributed by atoms with Crippen LogP contribution in [-0.4, -0.2) is 46.2 Å². The topological polar surface area (TPSA) is 73.5 Å². The quantitative estimate of drug-likeness (QED) is 0.644. The summed E-state index contributed by atoms with van der Waals surface area (Å²) in [4.78, 5) is 40.8. The fourth-order valence-corrected chi connectivity index (χ4v) is 4.73. The normalized spacial score (nSPS) is 17.5. The summed E-state index contributed by atoms with van der Waals surface area (Å²) in [5.41, 5.74) is 1.20. The second-order valence-corrected chi connectivity index (χ2v) is 10.5. The van der Waals surface area contributed by atoms with Crippen LogP contribution >= 0.6 is 0 Å². The van der Waals surface area contributed by atoms with Gasteiger partial charge in [0.25, 0.3) is 17.0 Å². The third-order valence-corrected chi connectivity index (χ3v) is 6.77. The molecule has 0 spiro atoms. The van der Waals surface area contributed by atoms with Gasteiger partial charge in [0.15, 0.2) is 0 Å². The van der Waals surface area contributed by atoms with Gasteiger partial charge in [-0.1, -0.05) is 40.7 Å². The standard InChI is InChI=1S/C26H37N3O4/c1-8-19-18(2)11-13-29(22(19)30)16-25(3,4)20-10-9-12-28(23(20)31)17-26(5,6)21-24(32)27(7)14-15-33-21/h9-13,21H,8,14-17H2,1-7H3. The van der Waals surface area contributed by atoms with Gasteiger partial charge in [0.05, 0.1) is 6.61 Å². The SMILES string of the molecule is CCc1c(C)ccn(CC(C)(C)c2cccn(CC(C)(C)C3OCCN(C)C3=O)c2=O)c1=O. The predicted octanol–water partition coefficient (Wildman–Crippen LogP) is 2.74. The molecule has 1 aliphatic heterocycles. The van der Waals surface area contributed by atoms with Gasteiger partial charge < -0.3 is 18.8 Å². The maximum atomic E-state index is 13.5. The molecular formula is C26H37N3O4. The molecule has 0 bridgehead atoms. The fraction of sp³-hybridized carbons (Fsp3) is 0.577. The van der Waals surface area contributed by atoms with Gasteiger partial charge >= 0.3 is 0 Å². The van der Waals surface area contributed by atoms with E-state index in [1.165, 1.54) is 0 Å². The van der Waals surface area contributed by atoms with Crippen LogP contribution in [0.5, 0.6) is 0 Å². The van der Waals surface area contributed by atoms with Gasteiger partial charge in [0.2, 0.25) is 0 Å². The van der Waals surface area contributed by atoms with Gasteiger partial charge in [-0.2, -0.15) is 0 Å². The van der Waals surface area contributed by atoms with E-state index < -0.39 is 16.9 Å². The highest BCUT2D eigenvalue weighted by Gasteiger charge is 2.40. The Kier molecular flexibility index (Phi) is 7.03. The van der Waals surface area contributed by atoms with Gasteiger partial charge in [0, 0.05) is 61.0 Å². The second kappa shape index (κ2) is 9.29. The molecule has 1 unspecified atom stereocenters. The number of aromatic nitrogens is 2. The monoisotopic (exact) mass is 455 g/mol. The van der Waals surface area contributed by atoms with Crippen LogP contribution in [0.2, 0.25) is 0 Å². The summed E-state index contributed by atoms with van der Waals surface area (Å²) in [6, 6.07) is 5.65. The molecule has 1 aliphatic rings. The molecule has 2 aromatic heterocycles. The van der Waals surface area contributed by atoms with Crippen LogP contribution in [0.25, 0.3) is 0 Å². The summed E-state index contributed by atoms with van der Waals surface area (Å²) in [6.45, 7) is 13.6. The Balaban J connectivity index is 1.91. The molecule has 0 aromatic carbocycles. The molecule has 7 nitrogen and oxygen atoms in total. The minimum Gasteiger partial charge on any atom is -0.366 e. The molecule has 0 N–H and O–H groups in total. The summed E-state index contributed by atoms with van der Waals surface area (Å²) < 4.78 is 9.18. The number of rotatable bonds is 7. The summed E-state index contributed by atoms with van der Waals surface area (Å²) in [7, 11) is 1.78. The third kappa shape index (κ3) is 4.98.